The highest BCUT2D eigenvalue weighted by molar-refractivity contribution is 9.10. The molecule has 0 saturated heterocycles. The smallest absolute Gasteiger partial charge is 0.350 e. The molecule has 0 saturated carbocycles. The highest BCUT2D eigenvalue weighted by atomic mass is 79.9. The van der Waals surface area contributed by atoms with E-state index in [4.69, 9.17) is 9.47 Å². The molecule has 0 radical (unpaired) electrons. The van der Waals surface area contributed by atoms with E-state index < -0.39 is 11.2 Å². The highest BCUT2D eigenvalue weighted by Crippen LogP contribution is 2.24. The zero-order valence-electron chi connectivity index (χ0n) is 17.9. The summed E-state index contributed by atoms with van der Waals surface area (Å²) in [7, 11) is 1.57. The van der Waals surface area contributed by atoms with Crippen molar-refractivity contribution in [2.75, 3.05) is 7.11 Å². The summed E-state index contributed by atoms with van der Waals surface area (Å²) in [5.74, 6) is 1.12. The molecule has 5 rings (SSSR count). The molecule has 0 aliphatic heterocycles. The van der Waals surface area contributed by atoms with Gasteiger partial charge in [0.15, 0.2) is 0 Å². The topological polar surface area (TPSA) is 114 Å². The Hall–Kier alpha value is -4.18. The number of nitrogens with one attached hydrogen (secondary N) is 2. The average molecular weight is 520 g/mol. The fraction of sp³-hybridized carbons (Fsp3) is 0.0833. The first-order chi connectivity index (χ1) is 16.5. The summed E-state index contributed by atoms with van der Waals surface area (Å²) < 4.78 is 12.8. The summed E-state index contributed by atoms with van der Waals surface area (Å²) in [6.45, 7) is 0.221. The molecule has 0 unspecified atom stereocenters. The number of pyridine rings is 1. The molecule has 10 heteroatoms. The van der Waals surface area contributed by atoms with Gasteiger partial charge in [-0.15, -0.1) is 4.68 Å². The molecular formula is C24H18BrN5O4. The monoisotopic (exact) mass is 519 g/mol. The molecule has 9 nitrogen and oxygen atoms in total. The van der Waals surface area contributed by atoms with Crippen LogP contribution in [0.4, 0.5) is 0 Å². The maximum atomic E-state index is 13.0. The molecule has 0 aliphatic carbocycles. The van der Waals surface area contributed by atoms with Gasteiger partial charge in [0.2, 0.25) is 5.88 Å². The molecule has 0 aliphatic rings. The van der Waals surface area contributed by atoms with E-state index in [2.05, 4.69) is 36.0 Å². The van der Waals surface area contributed by atoms with Crippen LogP contribution in [-0.4, -0.2) is 33.0 Å². The number of H-pyrrole nitrogens is 2. The third-order valence-corrected chi connectivity index (χ3v) is 5.72. The van der Waals surface area contributed by atoms with E-state index in [1.807, 2.05) is 30.3 Å². The number of hydrogen-bond donors (Lipinski definition) is 2. The van der Waals surface area contributed by atoms with Gasteiger partial charge in [0.1, 0.15) is 17.9 Å². The van der Waals surface area contributed by atoms with Gasteiger partial charge in [0.25, 0.3) is 0 Å². The number of nitrogens with zero attached hydrogens (tertiary/aromatic N) is 3. The van der Waals surface area contributed by atoms with Gasteiger partial charge in [-0.3, -0.25) is 4.79 Å². The van der Waals surface area contributed by atoms with Crippen molar-refractivity contribution >= 4 is 44.1 Å². The van der Waals surface area contributed by atoms with E-state index >= 15 is 0 Å². The van der Waals surface area contributed by atoms with Gasteiger partial charge >= 0.3 is 11.2 Å². The van der Waals surface area contributed by atoms with Crippen LogP contribution < -0.4 is 20.7 Å². The molecule has 0 fully saturated rings. The first-order valence-electron chi connectivity index (χ1n) is 10.2. The summed E-state index contributed by atoms with van der Waals surface area (Å²) in [5, 5.41) is 4.88. The Morgan fingerprint density at radius 1 is 1.09 bits per heavy atom. The molecule has 170 valence electrons. The van der Waals surface area contributed by atoms with Gasteiger partial charge in [0.05, 0.1) is 18.8 Å². The largest absolute Gasteiger partial charge is 0.496 e. The summed E-state index contributed by atoms with van der Waals surface area (Å²) in [5.41, 5.74) is 1.68. The Labute approximate surface area is 200 Å². The summed E-state index contributed by atoms with van der Waals surface area (Å²) in [6, 6.07) is 16.3. The Balaban J connectivity index is 1.49. The number of methoxy groups -OCH3 is 1. The highest BCUT2D eigenvalue weighted by Gasteiger charge is 2.13. The lowest BCUT2D eigenvalue weighted by Gasteiger charge is -2.10. The standard InChI is InChI=1S/C24H18BrN5O4/c1-33-19-8-5-14(10-15(19)13-34-20-4-2-3-9-26-20)12-27-30-23(31)22-21(29-24(30)32)17-11-16(25)6-7-18(17)28-22/h2-12,28H,13H2,1H3,(H,29,32)/b27-12+. The summed E-state index contributed by atoms with van der Waals surface area (Å²) in [6.07, 6.45) is 3.08. The van der Waals surface area contributed by atoms with Crippen LogP contribution in [-0.2, 0) is 6.61 Å². The maximum absolute atomic E-state index is 13.0. The predicted octanol–water partition coefficient (Wildman–Crippen LogP) is 3.80. The molecule has 0 bridgehead atoms. The molecule has 2 aromatic carbocycles. The molecule has 0 spiro atoms. The lowest BCUT2D eigenvalue weighted by atomic mass is 10.1. The van der Waals surface area contributed by atoms with Crippen LogP contribution in [0.3, 0.4) is 0 Å². The number of hydrogen-bond acceptors (Lipinski definition) is 6. The van der Waals surface area contributed by atoms with Crippen molar-refractivity contribution < 1.29 is 9.47 Å². The number of benzene rings is 2. The van der Waals surface area contributed by atoms with E-state index in [0.717, 1.165) is 25.6 Å². The molecule has 34 heavy (non-hydrogen) atoms. The van der Waals surface area contributed by atoms with Crippen LogP contribution in [0.25, 0.3) is 21.9 Å². The van der Waals surface area contributed by atoms with Gasteiger partial charge < -0.3 is 19.4 Å². The molecule has 2 N–H and O–H groups in total. The van der Waals surface area contributed by atoms with Crippen molar-refractivity contribution in [1.29, 1.82) is 0 Å². The molecule has 5 aromatic rings. The van der Waals surface area contributed by atoms with Gasteiger partial charge in [0, 0.05) is 33.2 Å². The maximum Gasteiger partial charge on any atom is 0.350 e. The number of fused-ring (bicyclic) bond motifs is 3. The van der Waals surface area contributed by atoms with E-state index in [9.17, 15) is 9.59 Å². The third kappa shape index (κ3) is 4.11. The van der Waals surface area contributed by atoms with E-state index in [1.54, 1.807) is 37.6 Å². The Bertz CT molecular complexity index is 1650. The summed E-state index contributed by atoms with van der Waals surface area (Å²) in [4.78, 5) is 35.6. The second kappa shape index (κ2) is 8.99. The minimum Gasteiger partial charge on any atom is -0.496 e. The summed E-state index contributed by atoms with van der Waals surface area (Å²) >= 11 is 3.41. The van der Waals surface area contributed by atoms with Crippen LogP contribution in [0.5, 0.6) is 11.6 Å². The van der Waals surface area contributed by atoms with Gasteiger partial charge in [-0.05, 0) is 48.0 Å². The zero-order chi connectivity index (χ0) is 23.7. The number of rotatable bonds is 6. The number of aromatic nitrogens is 4. The van der Waals surface area contributed by atoms with Crippen molar-refractivity contribution in [1.82, 2.24) is 19.6 Å². The number of halogens is 1. The lowest BCUT2D eigenvalue weighted by Crippen LogP contribution is -2.32. The van der Waals surface area contributed by atoms with Crippen LogP contribution in [0.1, 0.15) is 11.1 Å². The molecule has 3 heterocycles. The number of aromatic amines is 2. The minimum atomic E-state index is -0.637. The Morgan fingerprint density at radius 3 is 2.76 bits per heavy atom. The minimum absolute atomic E-state index is 0.221. The van der Waals surface area contributed by atoms with Gasteiger partial charge in [-0.25, -0.2) is 9.78 Å². The molecule has 3 aromatic heterocycles. The molecule has 0 atom stereocenters. The van der Waals surface area contributed by atoms with Gasteiger partial charge in [-0.1, -0.05) is 22.0 Å². The van der Waals surface area contributed by atoms with Crippen molar-refractivity contribution in [2.45, 2.75) is 6.61 Å². The normalized spacial score (nSPS) is 11.5. The van der Waals surface area contributed by atoms with Crippen molar-refractivity contribution in [3.8, 4) is 11.6 Å². The fourth-order valence-corrected chi connectivity index (χ4v) is 3.98. The van der Waals surface area contributed by atoms with E-state index in [0.29, 0.717) is 22.7 Å². The van der Waals surface area contributed by atoms with Crippen molar-refractivity contribution in [2.24, 2.45) is 5.10 Å². The van der Waals surface area contributed by atoms with Crippen LogP contribution in [0, 0.1) is 0 Å². The van der Waals surface area contributed by atoms with Crippen LogP contribution in [0.2, 0.25) is 0 Å². The quantitative estimate of drug-likeness (QED) is 0.331. The van der Waals surface area contributed by atoms with Crippen molar-refractivity contribution in [3.05, 3.63) is 97.2 Å². The van der Waals surface area contributed by atoms with E-state index in [1.165, 1.54) is 6.21 Å². The third-order valence-electron chi connectivity index (χ3n) is 5.23. The SMILES string of the molecule is COc1ccc(/C=N/n2c(=O)[nH]c3c([nH]c4ccc(Br)cc43)c2=O)cc1COc1ccccn1. The number of ether oxygens (including phenoxy) is 2. The average Bonchev–Trinajstić information content (AvgIpc) is 3.21. The lowest BCUT2D eigenvalue weighted by molar-refractivity contribution is 0.285. The van der Waals surface area contributed by atoms with Crippen LogP contribution >= 0.6 is 15.9 Å². The Kier molecular flexibility index (Phi) is 5.72. The van der Waals surface area contributed by atoms with E-state index in [-0.39, 0.29) is 12.1 Å². The van der Waals surface area contributed by atoms with Crippen molar-refractivity contribution in [3.63, 3.8) is 0 Å². The predicted molar refractivity (Wildman–Crippen MR) is 133 cm³/mol. The molecular weight excluding hydrogens is 502 g/mol. The second-order valence-corrected chi connectivity index (χ2v) is 8.30. The fourth-order valence-electron chi connectivity index (χ4n) is 3.62. The Morgan fingerprint density at radius 2 is 1.97 bits per heavy atom. The second-order valence-electron chi connectivity index (χ2n) is 7.38. The van der Waals surface area contributed by atoms with Gasteiger partial charge in [-0.2, -0.15) is 5.10 Å². The molecule has 0 amide bonds. The first kappa shape index (κ1) is 21.7. The van der Waals surface area contributed by atoms with Crippen LogP contribution in [0.15, 0.2) is 80.0 Å². The zero-order valence-corrected chi connectivity index (χ0v) is 19.5. The first-order valence-corrected chi connectivity index (χ1v) is 11.0.